The number of ether oxygens (including phenoxy) is 1. The van der Waals surface area contributed by atoms with Crippen molar-refractivity contribution >= 4 is 0 Å². The highest BCUT2D eigenvalue weighted by molar-refractivity contribution is 5.26. The maximum absolute atomic E-state index is 13.3. The van der Waals surface area contributed by atoms with Crippen LogP contribution in [0.1, 0.15) is 44.9 Å². The minimum absolute atomic E-state index is 0.244. The fourth-order valence-electron chi connectivity index (χ4n) is 1.90. The summed E-state index contributed by atoms with van der Waals surface area (Å²) in [4.78, 5) is 0. The molecule has 0 unspecified atom stereocenters. The largest absolute Gasteiger partial charge is 0.490 e. The van der Waals surface area contributed by atoms with Gasteiger partial charge in [0.15, 0.2) is 17.4 Å². The topological polar surface area (TPSA) is 29.5 Å². The summed E-state index contributed by atoms with van der Waals surface area (Å²) in [5, 5.41) is 8.61. The molecule has 0 aliphatic carbocycles. The van der Waals surface area contributed by atoms with Crippen molar-refractivity contribution < 1.29 is 23.0 Å². The van der Waals surface area contributed by atoms with E-state index in [1.54, 1.807) is 0 Å². The van der Waals surface area contributed by atoms with Gasteiger partial charge in [-0.15, -0.1) is 0 Å². The van der Waals surface area contributed by atoms with Gasteiger partial charge in [-0.1, -0.05) is 32.1 Å². The van der Waals surface area contributed by atoms with E-state index in [0.717, 1.165) is 57.1 Å². The van der Waals surface area contributed by atoms with E-state index in [2.05, 4.69) is 0 Å². The van der Waals surface area contributed by atoms with Gasteiger partial charge in [-0.2, -0.15) is 4.39 Å². The number of hydrogen-bond acceptors (Lipinski definition) is 2. The van der Waals surface area contributed by atoms with Crippen LogP contribution >= 0.6 is 0 Å². The second-order valence-electron chi connectivity index (χ2n) is 4.72. The molecule has 0 aliphatic rings. The summed E-state index contributed by atoms with van der Waals surface area (Å²) in [5.74, 6) is -4.22. The van der Waals surface area contributed by atoms with Crippen LogP contribution in [-0.2, 0) is 0 Å². The molecule has 0 saturated heterocycles. The maximum Gasteiger partial charge on any atom is 0.203 e. The van der Waals surface area contributed by atoms with Crippen molar-refractivity contribution in [3.63, 3.8) is 0 Å². The molecule has 20 heavy (non-hydrogen) atoms. The van der Waals surface area contributed by atoms with Gasteiger partial charge >= 0.3 is 0 Å². The van der Waals surface area contributed by atoms with Gasteiger partial charge in [0, 0.05) is 6.61 Å². The zero-order chi connectivity index (χ0) is 14.8. The average Bonchev–Trinajstić information content (AvgIpc) is 2.45. The van der Waals surface area contributed by atoms with Gasteiger partial charge in [0.1, 0.15) is 0 Å². The van der Waals surface area contributed by atoms with Gasteiger partial charge in [-0.05, 0) is 25.0 Å². The summed E-state index contributed by atoms with van der Waals surface area (Å²) in [7, 11) is 0. The normalized spacial score (nSPS) is 10.8. The number of halogens is 3. The Kier molecular flexibility index (Phi) is 8.11. The number of hydrogen-bond donors (Lipinski definition) is 1. The molecule has 0 spiro atoms. The lowest BCUT2D eigenvalue weighted by Crippen LogP contribution is -2.02. The molecule has 5 heteroatoms. The van der Waals surface area contributed by atoms with Crippen LogP contribution < -0.4 is 4.74 Å². The fourth-order valence-corrected chi connectivity index (χ4v) is 1.90. The van der Waals surface area contributed by atoms with Gasteiger partial charge in [-0.25, -0.2) is 8.78 Å². The van der Waals surface area contributed by atoms with E-state index >= 15 is 0 Å². The Balaban J connectivity index is 2.11. The Morgan fingerprint density at radius 1 is 0.800 bits per heavy atom. The fraction of sp³-hybridized carbons (Fsp3) is 0.600. The molecule has 0 atom stereocenters. The molecule has 2 nitrogen and oxygen atoms in total. The third kappa shape index (κ3) is 5.82. The monoisotopic (exact) mass is 290 g/mol. The first-order chi connectivity index (χ1) is 9.66. The van der Waals surface area contributed by atoms with Crippen molar-refractivity contribution in [1.29, 1.82) is 0 Å². The SMILES string of the molecule is OCCCCCCCCCOc1ccc(F)c(F)c1F. The maximum atomic E-state index is 13.3. The van der Waals surface area contributed by atoms with Crippen molar-refractivity contribution in [3.8, 4) is 5.75 Å². The lowest BCUT2D eigenvalue weighted by molar-refractivity contribution is 0.278. The summed E-state index contributed by atoms with van der Waals surface area (Å²) >= 11 is 0. The van der Waals surface area contributed by atoms with Gasteiger partial charge in [-0.3, -0.25) is 0 Å². The number of benzene rings is 1. The first-order valence-electron chi connectivity index (χ1n) is 7.04. The predicted molar refractivity (Wildman–Crippen MR) is 71.2 cm³/mol. The number of aliphatic hydroxyl groups excluding tert-OH is 1. The quantitative estimate of drug-likeness (QED) is 0.517. The van der Waals surface area contributed by atoms with Crippen molar-refractivity contribution in [2.75, 3.05) is 13.2 Å². The lowest BCUT2D eigenvalue weighted by atomic mass is 10.1. The minimum Gasteiger partial charge on any atom is -0.490 e. The van der Waals surface area contributed by atoms with Gasteiger partial charge in [0.05, 0.1) is 6.61 Å². The first-order valence-corrected chi connectivity index (χ1v) is 7.04. The second kappa shape index (κ2) is 9.64. The zero-order valence-electron chi connectivity index (χ0n) is 11.5. The Morgan fingerprint density at radius 2 is 1.40 bits per heavy atom. The molecule has 0 fully saturated rings. The van der Waals surface area contributed by atoms with E-state index < -0.39 is 17.5 Å². The smallest absolute Gasteiger partial charge is 0.203 e. The summed E-state index contributed by atoms with van der Waals surface area (Å²) < 4.78 is 44.0. The van der Waals surface area contributed by atoms with Crippen LogP contribution in [0, 0.1) is 17.5 Å². The van der Waals surface area contributed by atoms with Crippen LogP contribution in [0.3, 0.4) is 0 Å². The van der Waals surface area contributed by atoms with E-state index in [1.165, 1.54) is 0 Å². The number of rotatable bonds is 10. The van der Waals surface area contributed by atoms with Crippen molar-refractivity contribution in [2.45, 2.75) is 44.9 Å². The Hall–Kier alpha value is -1.23. The Morgan fingerprint density at radius 3 is 2.05 bits per heavy atom. The molecule has 114 valence electrons. The van der Waals surface area contributed by atoms with E-state index in [0.29, 0.717) is 6.61 Å². The van der Waals surface area contributed by atoms with Gasteiger partial charge in [0.2, 0.25) is 5.82 Å². The van der Waals surface area contributed by atoms with Crippen molar-refractivity contribution in [3.05, 3.63) is 29.6 Å². The number of aliphatic hydroxyl groups is 1. The lowest BCUT2D eigenvalue weighted by Gasteiger charge is -2.08. The minimum atomic E-state index is -1.49. The molecule has 0 heterocycles. The van der Waals surface area contributed by atoms with Crippen LogP contribution in [0.25, 0.3) is 0 Å². The molecule has 1 rings (SSSR count). The molecule has 0 radical (unpaired) electrons. The highest BCUT2D eigenvalue weighted by Crippen LogP contribution is 2.22. The molecule has 1 aromatic rings. The van der Waals surface area contributed by atoms with Crippen molar-refractivity contribution in [2.24, 2.45) is 0 Å². The van der Waals surface area contributed by atoms with E-state index in [-0.39, 0.29) is 12.4 Å². The van der Waals surface area contributed by atoms with Gasteiger partial charge < -0.3 is 9.84 Å². The highest BCUT2D eigenvalue weighted by atomic mass is 19.2. The van der Waals surface area contributed by atoms with Crippen LogP contribution in [0.5, 0.6) is 5.75 Å². The van der Waals surface area contributed by atoms with Crippen LogP contribution in [0.4, 0.5) is 13.2 Å². The summed E-state index contributed by atoms with van der Waals surface area (Å²) in [5.41, 5.74) is 0. The molecule has 1 aromatic carbocycles. The highest BCUT2D eigenvalue weighted by Gasteiger charge is 2.13. The summed E-state index contributed by atoms with van der Waals surface area (Å²) in [6.07, 6.45) is 6.82. The Labute approximate surface area is 117 Å². The van der Waals surface area contributed by atoms with Crippen molar-refractivity contribution in [1.82, 2.24) is 0 Å². The number of unbranched alkanes of at least 4 members (excludes halogenated alkanes) is 6. The van der Waals surface area contributed by atoms with Crippen LogP contribution in [0.2, 0.25) is 0 Å². The summed E-state index contributed by atoms with van der Waals surface area (Å²) in [6.45, 7) is 0.534. The van der Waals surface area contributed by atoms with Gasteiger partial charge in [0.25, 0.3) is 0 Å². The first kappa shape index (κ1) is 16.8. The molecule has 0 aliphatic heterocycles. The van der Waals surface area contributed by atoms with E-state index in [4.69, 9.17) is 9.84 Å². The van der Waals surface area contributed by atoms with E-state index in [9.17, 15) is 13.2 Å². The predicted octanol–water partition coefficient (Wildman–Crippen LogP) is 4.21. The molecule has 0 amide bonds. The Bertz CT molecular complexity index is 397. The molecule has 0 bridgehead atoms. The molecule has 0 aromatic heterocycles. The van der Waals surface area contributed by atoms with E-state index in [1.807, 2.05) is 0 Å². The van der Waals surface area contributed by atoms with Crippen LogP contribution in [0.15, 0.2) is 12.1 Å². The molecule has 1 N–H and O–H groups in total. The third-order valence-electron chi connectivity index (χ3n) is 3.06. The zero-order valence-corrected chi connectivity index (χ0v) is 11.5. The second-order valence-corrected chi connectivity index (χ2v) is 4.72. The average molecular weight is 290 g/mol. The standard InChI is InChI=1S/C15H21F3O2/c16-12-8-9-13(15(18)14(12)17)20-11-7-5-3-1-2-4-6-10-19/h8-9,19H,1-7,10-11H2. The van der Waals surface area contributed by atoms with Crippen LogP contribution in [-0.4, -0.2) is 18.3 Å². The molecular weight excluding hydrogens is 269 g/mol. The summed E-state index contributed by atoms with van der Waals surface area (Å²) in [6, 6.07) is 1.96. The molecular formula is C15H21F3O2. The molecule has 0 saturated carbocycles. The third-order valence-corrected chi connectivity index (χ3v) is 3.06.